The van der Waals surface area contributed by atoms with Crippen molar-refractivity contribution in [3.8, 4) is 0 Å². The van der Waals surface area contributed by atoms with Crippen LogP contribution < -0.4 is 5.32 Å². The van der Waals surface area contributed by atoms with Crippen molar-refractivity contribution < 1.29 is 9.53 Å². The third-order valence-electron chi connectivity index (χ3n) is 4.57. The fourth-order valence-electron chi connectivity index (χ4n) is 3.25. The van der Waals surface area contributed by atoms with Crippen molar-refractivity contribution >= 4 is 11.7 Å². The second kappa shape index (κ2) is 7.25. The molecule has 7 nitrogen and oxygen atoms in total. The van der Waals surface area contributed by atoms with E-state index in [1.165, 1.54) is 19.3 Å². The smallest absolute Gasteiger partial charge is 0.291 e. The van der Waals surface area contributed by atoms with Crippen molar-refractivity contribution in [3.63, 3.8) is 0 Å². The number of ether oxygens (including phenoxy) is 1. The summed E-state index contributed by atoms with van der Waals surface area (Å²) in [6.45, 7) is 7.02. The lowest BCUT2D eigenvalue weighted by Gasteiger charge is -2.28. The van der Waals surface area contributed by atoms with Gasteiger partial charge in [-0.3, -0.25) is 4.79 Å². The van der Waals surface area contributed by atoms with Gasteiger partial charge in [0.15, 0.2) is 0 Å². The van der Waals surface area contributed by atoms with Crippen LogP contribution in [0, 0.1) is 19.8 Å². The normalized spacial score (nSPS) is 21.1. The summed E-state index contributed by atoms with van der Waals surface area (Å²) in [6.07, 6.45) is 5.20. The van der Waals surface area contributed by atoms with Crippen LogP contribution in [-0.2, 0) is 4.74 Å². The minimum atomic E-state index is -0.294. The molecular formula is C17H25N5O2. The summed E-state index contributed by atoms with van der Waals surface area (Å²) in [6, 6.07) is 1.91. The van der Waals surface area contributed by atoms with Gasteiger partial charge in [-0.05, 0) is 38.7 Å². The Kier molecular flexibility index (Phi) is 5.08. The van der Waals surface area contributed by atoms with Crippen LogP contribution in [0.3, 0.4) is 0 Å². The Hall–Kier alpha value is -2.02. The zero-order valence-corrected chi connectivity index (χ0v) is 14.6. The minimum Gasteiger partial charge on any atom is -0.376 e. The molecular weight excluding hydrogens is 306 g/mol. The molecule has 3 rings (SSSR count). The monoisotopic (exact) mass is 331 g/mol. The number of aryl methyl sites for hydroxylation is 2. The molecule has 2 aromatic heterocycles. The van der Waals surface area contributed by atoms with Crippen LogP contribution in [-0.4, -0.2) is 44.7 Å². The lowest BCUT2D eigenvalue weighted by Crippen LogP contribution is -2.32. The molecule has 130 valence electrons. The zero-order chi connectivity index (χ0) is 17.1. The topological polar surface area (TPSA) is 81.4 Å². The van der Waals surface area contributed by atoms with E-state index in [1.54, 1.807) is 4.52 Å². The number of hydrogen-bond acceptors (Lipinski definition) is 5. The van der Waals surface area contributed by atoms with E-state index in [0.29, 0.717) is 31.0 Å². The van der Waals surface area contributed by atoms with Crippen molar-refractivity contribution in [2.75, 3.05) is 13.2 Å². The van der Waals surface area contributed by atoms with Gasteiger partial charge in [0.25, 0.3) is 11.7 Å². The second-order valence-corrected chi connectivity index (χ2v) is 6.61. The van der Waals surface area contributed by atoms with Gasteiger partial charge in [0.1, 0.15) is 0 Å². The van der Waals surface area contributed by atoms with Crippen LogP contribution in [0.5, 0.6) is 0 Å². The van der Waals surface area contributed by atoms with Gasteiger partial charge >= 0.3 is 0 Å². The van der Waals surface area contributed by atoms with E-state index in [1.807, 2.05) is 19.9 Å². The SMILES string of the molecule is Cc1cc(C)n2nc(C(=O)NCCOC3CCCCC3C)nc2n1. The van der Waals surface area contributed by atoms with E-state index in [-0.39, 0.29) is 11.7 Å². The van der Waals surface area contributed by atoms with Gasteiger partial charge in [0, 0.05) is 17.9 Å². The van der Waals surface area contributed by atoms with E-state index in [4.69, 9.17) is 4.74 Å². The van der Waals surface area contributed by atoms with Gasteiger partial charge in [-0.25, -0.2) is 9.50 Å². The number of aromatic nitrogens is 4. The van der Waals surface area contributed by atoms with Crippen LogP contribution in [0.2, 0.25) is 0 Å². The summed E-state index contributed by atoms with van der Waals surface area (Å²) in [7, 11) is 0. The third-order valence-corrected chi connectivity index (χ3v) is 4.57. The highest BCUT2D eigenvalue weighted by Crippen LogP contribution is 2.25. The zero-order valence-electron chi connectivity index (χ0n) is 14.6. The average Bonchev–Trinajstić information content (AvgIpc) is 2.97. The molecule has 1 fully saturated rings. The first-order valence-corrected chi connectivity index (χ1v) is 8.65. The van der Waals surface area contributed by atoms with Crippen molar-refractivity contribution in [2.24, 2.45) is 5.92 Å². The number of carbonyl (C=O) groups is 1. The molecule has 2 atom stereocenters. The van der Waals surface area contributed by atoms with Gasteiger partial charge in [0.05, 0.1) is 12.7 Å². The standard InChI is InChI=1S/C17H25N5O2/c1-11-6-4-5-7-14(11)24-9-8-18-16(23)15-20-17-19-12(2)10-13(3)22(17)21-15/h10-11,14H,4-9H2,1-3H3,(H,18,23). The fourth-order valence-corrected chi connectivity index (χ4v) is 3.25. The van der Waals surface area contributed by atoms with Crippen molar-refractivity contribution in [2.45, 2.75) is 52.6 Å². The number of hydrogen-bond donors (Lipinski definition) is 1. The fraction of sp³-hybridized carbons (Fsp3) is 0.647. The Morgan fingerprint density at radius 2 is 2.12 bits per heavy atom. The number of rotatable bonds is 5. The molecule has 24 heavy (non-hydrogen) atoms. The molecule has 2 unspecified atom stereocenters. The number of nitrogens with one attached hydrogen (secondary N) is 1. The summed E-state index contributed by atoms with van der Waals surface area (Å²) in [5, 5.41) is 7.04. The Morgan fingerprint density at radius 3 is 2.92 bits per heavy atom. The maximum Gasteiger partial charge on any atom is 0.291 e. The third kappa shape index (κ3) is 3.72. The molecule has 1 N–H and O–H groups in total. The van der Waals surface area contributed by atoms with Crippen LogP contribution in [0.25, 0.3) is 5.78 Å². The lowest BCUT2D eigenvalue weighted by atomic mass is 9.88. The van der Waals surface area contributed by atoms with Crippen LogP contribution in [0.15, 0.2) is 6.07 Å². The van der Waals surface area contributed by atoms with Gasteiger partial charge in [0.2, 0.25) is 5.82 Å². The maximum atomic E-state index is 12.2. The van der Waals surface area contributed by atoms with Crippen molar-refractivity contribution in [1.82, 2.24) is 24.9 Å². The first-order valence-electron chi connectivity index (χ1n) is 8.65. The van der Waals surface area contributed by atoms with Crippen molar-refractivity contribution in [1.29, 1.82) is 0 Å². The molecule has 7 heteroatoms. The van der Waals surface area contributed by atoms with E-state index in [9.17, 15) is 4.79 Å². The Bertz CT molecular complexity index is 727. The number of carbonyl (C=O) groups excluding carboxylic acids is 1. The van der Waals surface area contributed by atoms with Crippen LogP contribution in [0.1, 0.15) is 54.6 Å². The molecule has 2 aromatic rings. The van der Waals surface area contributed by atoms with E-state index < -0.39 is 0 Å². The number of fused-ring (bicyclic) bond motifs is 1. The highest BCUT2D eigenvalue weighted by atomic mass is 16.5. The molecule has 0 bridgehead atoms. The van der Waals surface area contributed by atoms with Crippen LogP contribution in [0.4, 0.5) is 0 Å². The summed E-state index contributed by atoms with van der Waals surface area (Å²) in [5.41, 5.74) is 1.76. The quantitative estimate of drug-likeness (QED) is 0.848. The highest BCUT2D eigenvalue weighted by molar-refractivity contribution is 5.90. The first-order chi connectivity index (χ1) is 11.5. The van der Waals surface area contributed by atoms with Gasteiger partial charge < -0.3 is 10.1 Å². The van der Waals surface area contributed by atoms with Gasteiger partial charge in [-0.15, -0.1) is 5.10 Å². The Labute approximate surface area is 141 Å². The molecule has 0 saturated heterocycles. The molecule has 1 amide bonds. The molecule has 0 aliphatic heterocycles. The average molecular weight is 331 g/mol. The predicted octanol–water partition coefficient (Wildman–Crippen LogP) is 2.07. The van der Waals surface area contributed by atoms with E-state index >= 15 is 0 Å². The van der Waals surface area contributed by atoms with Crippen LogP contribution >= 0.6 is 0 Å². The van der Waals surface area contributed by atoms with Gasteiger partial charge in [-0.2, -0.15) is 4.98 Å². The predicted molar refractivity (Wildman–Crippen MR) is 90.0 cm³/mol. The number of amides is 1. The van der Waals surface area contributed by atoms with E-state index in [2.05, 4.69) is 27.3 Å². The largest absolute Gasteiger partial charge is 0.376 e. The minimum absolute atomic E-state index is 0.141. The second-order valence-electron chi connectivity index (χ2n) is 6.61. The molecule has 2 heterocycles. The molecule has 1 aliphatic rings. The number of nitrogens with zero attached hydrogens (tertiary/aromatic N) is 4. The van der Waals surface area contributed by atoms with Crippen molar-refractivity contribution in [3.05, 3.63) is 23.3 Å². The molecule has 0 radical (unpaired) electrons. The van der Waals surface area contributed by atoms with E-state index in [0.717, 1.165) is 17.8 Å². The molecule has 1 saturated carbocycles. The summed E-state index contributed by atoms with van der Waals surface area (Å²) in [5.74, 6) is 0.900. The summed E-state index contributed by atoms with van der Waals surface area (Å²) < 4.78 is 7.49. The summed E-state index contributed by atoms with van der Waals surface area (Å²) >= 11 is 0. The maximum absolute atomic E-state index is 12.2. The first kappa shape index (κ1) is 16.8. The molecule has 1 aliphatic carbocycles. The highest BCUT2D eigenvalue weighted by Gasteiger charge is 2.21. The van der Waals surface area contributed by atoms with Gasteiger partial charge in [-0.1, -0.05) is 19.8 Å². The Balaban J connectivity index is 1.53. The lowest BCUT2D eigenvalue weighted by molar-refractivity contribution is -0.00296. The molecule has 0 spiro atoms. The summed E-state index contributed by atoms with van der Waals surface area (Å²) in [4.78, 5) is 20.7. The molecule has 0 aromatic carbocycles. The Morgan fingerprint density at radius 1 is 1.33 bits per heavy atom.